The molecule has 0 amide bonds. The van der Waals surface area contributed by atoms with Gasteiger partial charge in [-0.2, -0.15) is 4.89 Å². The molecule has 3 unspecified atom stereocenters. The molecule has 4 bridgehead atoms. The van der Waals surface area contributed by atoms with Crippen molar-refractivity contribution in [2.24, 2.45) is 23.5 Å². The van der Waals surface area contributed by atoms with E-state index in [0.29, 0.717) is 11.8 Å². The first-order valence-electron chi connectivity index (χ1n) is 9.62. The van der Waals surface area contributed by atoms with Gasteiger partial charge >= 0.3 is 5.97 Å². The van der Waals surface area contributed by atoms with Gasteiger partial charge in [0.15, 0.2) is 0 Å². The van der Waals surface area contributed by atoms with Crippen molar-refractivity contribution in [1.82, 2.24) is 0 Å². The van der Waals surface area contributed by atoms with E-state index >= 15 is 0 Å². The second-order valence-corrected chi connectivity index (χ2v) is 8.74. The Morgan fingerprint density at radius 2 is 1.87 bits per heavy atom. The summed E-state index contributed by atoms with van der Waals surface area (Å²) in [6.45, 7) is 4.14. The quantitative estimate of drug-likeness (QED) is 0.415. The molecule has 4 saturated carbocycles. The van der Waals surface area contributed by atoms with Crippen molar-refractivity contribution in [2.45, 2.75) is 95.6 Å². The van der Waals surface area contributed by atoms with Crippen LogP contribution in [0.25, 0.3) is 0 Å². The maximum Gasteiger partial charge on any atom is 0.345 e. The van der Waals surface area contributed by atoms with Crippen molar-refractivity contribution >= 4 is 5.97 Å². The summed E-state index contributed by atoms with van der Waals surface area (Å²) in [7, 11) is 0. The molecule has 23 heavy (non-hydrogen) atoms. The number of unbranched alkanes of at least 4 members (excludes halogenated alkanes) is 3. The highest BCUT2D eigenvalue weighted by Crippen LogP contribution is 2.58. The molecule has 0 spiro atoms. The van der Waals surface area contributed by atoms with Gasteiger partial charge in [-0.15, -0.1) is 0 Å². The van der Waals surface area contributed by atoms with Crippen molar-refractivity contribution in [2.75, 3.05) is 0 Å². The number of nitrogens with two attached hydrogens (primary N) is 1. The lowest BCUT2D eigenvalue weighted by Gasteiger charge is -2.59. The van der Waals surface area contributed by atoms with E-state index in [0.717, 1.165) is 44.9 Å². The zero-order valence-electron chi connectivity index (χ0n) is 14.8. The minimum absolute atomic E-state index is 0.0763. The van der Waals surface area contributed by atoms with E-state index in [1.165, 1.54) is 25.7 Å². The van der Waals surface area contributed by atoms with Crippen LogP contribution in [-0.4, -0.2) is 17.1 Å². The van der Waals surface area contributed by atoms with Gasteiger partial charge in [0.1, 0.15) is 5.60 Å². The van der Waals surface area contributed by atoms with Crippen LogP contribution in [0.1, 0.15) is 84.5 Å². The Labute approximate surface area is 140 Å². The van der Waals surface area contributed by atoms with Crippen molar-refractivity contribution in [3.05, 3.63) is 0 Å². The smallest absolute Gasteiger partial charge is 0.325 e. The number of hydrogen-bond acceptors (Lipinski definition) is 4. The number of carbonyl (C=O) groups is 1. The van der Waals surface area contributed by atoms with Crippen molar-refractivity contribution in [3.8, 4) is 0 Å². The van der Waals surface area contributed by atoms with Crippen molar-refractivity contribution in [3.63, 3.8) is 0 Å². The fourth-order valence-corrected chi connectivity index (χ4v) is 5.55. The van der Waals surface area contributed by atoms with Crippen LogP contribution in [0.5, 0.6) is 0 Å². The highest BCUT2D eigenvalue weighted by atomic mass is 17.2. The highest BCUT2D eigenvalue weighted by molar-refractivity contribution is 5.71. The van der Waals surface area contributed by atoms with Crippen LogP contribution in [0.3, 0.4) is 0 Å². The maximum absolute atomic E-state index is 12.2. The lowest BCUT2D eigenvalue weighted by Crippen LogP contribution is -2.63. The Hall–Kier alpha value is -0.610. The molecular weight excluding hydrogens is 290 g/mol. The predicted octanol–water partition coefficient (Wildman–Crippen LogP) is 4.12. The van der Waals surface area contributed by atoms with Crippen LogP contribution in [0, 0.1) is 17.8 Å². The molecule has 132 valence electrons. The molecule has 2 N–H and O–H groups in total. The predicted molar refractivity (Wildman–Crippen MR) is 89.4 cm³/mol. The molecule has 4 heteroatoms. The maximum atomic E-state index is 12.2. The summed E-state index contributed by atoms with van der Waals surface area (Å²) in [4.78, 5) is 23.3. The fourth-order valence-electron chi connectivity index (χ4n) is 5.55. The molecule has 4 rings (SSSR count). The van der Waals surface area contributed by atoms with Gasteiger partial charge in [-0.1, -0.05) is 39.5 Å². The molecule has 4 aliphatic rings. The summed E-state index contributed by atoms with van der Waals surface area (Å²) in [6, 6.07) is 0. The second kappa shape index (κ2) is 6.72. The minimum atomic E-state index is -0.295. The Bertz CT molecular complexity index is 422. The third-order valence-electron chi connectivity index (χ3n) is 6.25. The molecule has 0 aliphatic heterocycles. The van der Waals surface area contributed by atoms with Gasteiger partial charge < -0.3 is 5.73 Å². The van der Waals surface area contributed by atoms with E-state index in [1.807, 2.05) is 6.92 Å². The molecule has 4 fully saturated rings. The first kappa shape index (κ1) is 17.2. The molecule has 0 heterocycles. The van der Waals surface area contributed by atoms with E-state index in [9.17, 15) is 4.79 Å². The van der Waals surface area contributed by atoms with Gasteiger partial charge in [-0.05, 0) is 56.8 Å². The van der Waals surface area contributed by atoms with Crippen LogP contribution >= 0.6 is 0 Å². The van der Waals surface area contributed by atoms with E-state index in [2.05, 4.69) is 6.92 Å². The van der Waals surface area contributed by atoms with E-state index in [-0.39, 0.29) is 23.0 Å². The number of rotatable bonds is 8. The van der Waals surface area contributed by atoms with Crippen molar-refractivity contribution in [1.29, 1.82) is 0 Å². The SMILES string of the molecule is CCCCCCC(C)C(=O)OOC12CC3CC(CC(N)(C3)C1)C2. The summed E-state index contributed by atoms with van der Waals surface area (Å²) in [5.74, 6) is 1.04. The van der Waals surface area contributed by atoms with E-state index < -0.39 is 0 Å². The average molecular weight is 323 g/mol. The molecule has 0 aromatic carbocycles. The lowest BCUT2D eigenvalue weighted by molar-refractivity contribution is -0.363. The van der Waals surface area contributed by atoms with Gasteiger partial charge in [0, 0.05) is 5.54 Å². The third kappa shape index (κ3) is 3.90. The first-order chi connectivity index (χ1) is 10.9. The highest BCUT2D eigenvalue weighted by Gasteiger charge is 2.58. The Balaban J connectivity index is 1.47. The number of hydrogen-bond donors (Lipinski definition) is 1. The first-order valence-corrected chi connectivity index (χ1v) is 9.62. The zero-order valence-corrected chi connectivity index (χ0v) is 14.8. The summed E-state index contributed by atoms with van der Waals surface area (Å²) >= 11 is 0. The molecule has 0 aromatic rings. The van der Waals surface area contributed by atoms with Gasteiger partial charge in [-0.25, -0.2) is 4.79 Å². The summed E-state index contributed by atoms with van der Waals surface area (Å²) in [5.41, 5.74) is 6.17. The van der Waals surface area contributed by atoms with Crippen LogP contribution < -0.4 is 5.73 Å². The molecule has 0 aromatic heterocycles. The van der Waals surface area contributed by atoms with Crippen LogP contribution in [0.15, 0.2) is 0 Å². The fraction of sp³-hybridized carbons (Fsp3) is 0.947. The zero-order chi connectivity index (χ0) is 16.5. The Kier molecular flexibility index (Phi) is 5.03. The van der Waals surface area contributed by atoms with E-state index in [1.54, 1.807) is 0 Å². The molecule has 0 saturated heterocycles. The molecule has 4 nitrogen and oxygen atoms in total. The van der Waals surface area contributed by atoms with Crippen LogP contribution in [0.2, 0.25) is 0 Å². The van der Waals surface area contributed by atoms with Crippen molar-refractivity contribution < 1.29 is 14.6 Å². The van der Waals surface area contributed by atoms with Gasteiger partial charge in [0.25, 0.3) is 0 Å². The molecule has 3 atom stereocenters. The summed E-state index contributed by atoms with van der Waals surface area (Å²) in [5, 5.41) is 0. The molecular formula is C19H33NO3. The molecule has 4 aliphatic carbocycles. The molecule has 0 radical (unpaired) electrons. The summed E-state index contributed by atoms with van der Waals surface area (Å²) < 4.78 is 0. The van der Waals surface area contributed by atoms with E-state index in [4.69, 9.17) is 15.5 Å². The van der Waals surface area contributed by atoms with Gasteiger partial charge in [0.05, 0.1) is 5.92 Å². The summed E-state index contributed by atoms with van der Waals surface area (Å²) in [6.07, 6.45) is 12.0. The Morgan fingerprint density at radius 3 is 2.48 bits per heavy atom. The minimum Gasteiger partial charge on any atom is -0.325 e. The third-order valence-corrected chi connectivity index (χ3v) is 6.25. The average Bonchev–Trinajstić information content (AvgIpc) is 2.46. The largest absolute Gasteiger partial charge is 0.345 e. The van der Waals surface area contributed by atoms with Crippen LogP contribution in [-0.2, 0) is 14.6 Å². The van der Waals surface area contributed by atoms with Crippen LogP contribution in [0.4, 0.5) is 0 Å². The lowest BCUT2D eigenvalue weighted by atomic mass is 9.51. The monoisotopic (exact) mass is 323 g/mol. The van der Waals surface area contributed by atoms with Gasteiger partial charge in [-0.3, -0.25) is 4.89 Å². The van der Waals surface area contributed by atoms with Gasteiger partial charge in [0.2, 0.25) is 0 Å². The Morgan fingerprint density at radius 1 is 1.17 bits per heavy atom. The second-order valence-electron chi connectivity index (χ2n) is 8.74. The topological polar surface area (TPSA) is 61.5 Å². The normalized spacial score (nSPS) is 39.4. The standard InChI is InChI=1S/C19H33NO3/c1-3-4-5-6-7-14(2)17(21)22-23-19-11-15-8-16(12-19)10-18(20,9-15)13-19/h14-16H,3-13,20H2,1-2H3. The number of carbonyl (C=O) groups excluding carboxylic acids is 1.